The maximum atomic E-state index is 5.43. The van der Waals surface area contributed by atoms with Crippen LogP contribution in [0.1, 0.15) is 16.7 Å². The van der Waals surface area contributed by atoms with Crippen LogP contribution in [0.5, 0.6) is 5.75 Å². The molecule has 2 N–H and O–H groups in total. The fraction of sp³-hybridized carbons (Fsp3) is 0.435. The predicted molar refractivity (Wildman–Crippen MR) is 133 cm³/mol. The molecule has 0 bridgehead atoms. The highest BCUT2D eigenvalue weighted by molar-refractivity contribution is 14.0. The summed E-state index contributed by atoms with van der Waals surface area (Å²) in [4.78, 5) is 6.77. The molecule has 1 fully saturated rings. The minimum Gasteiger partial charge on any atom is -0.497 e. The van der Waals surface area contributed by atoms with Crippen LogP contribution < -0.4 is 15.4 Å². The van der Waals surface area contributed by atoms with Crippen LogP contribution in [-0.2, 0) is 24.2 Å². The number of ether oxygens (including phenoxy) is 2. The molecule has 0 saturated carbocycles. The number of aliphatic imine (C=N–C) groups is 1. The minimum atomic E-state index is 0. The van der Waals surface area contributed by atoms with Crippen LogP contribution >= 0.6 is 24.0 Å². The van der Waals surface area contributed by atoms with Crippen molar-refractivity contribution in [3.8, 4) is 5.75 Å². The molecule has 0 amide bonds. The van der Waals surface area contributed by atoms with E-state index in [-0.39, 0.29) is 24.0 Å². The van der Waals surface area contributed by atoms with Crippen molar-refractivity contribution < 1.29 is 9.47 Å². The smallest absolute Gasteiger partial charge is 0.191 e. The van der Waals surface area contributed by atoms with Crippen molar-refractivity contribution in [3.05, 3.63) is 65.2 Å². The van der Waals surface area contributed by atoms with Gasteiger partial charge in [-0.1, -0.05) is 36.4 Å². The molecule has 1 heterocycles. The van der Waals surface area contributed by atoms with Crippen molar-refractivity contribution in [2.45, 2.75) is 19.5 Å². The molecule has 6 nitrogen and oxygen atoms in total. The van der Waals surface area contributed by atoms with E-state index in [0.29, 0.717) is 0 Å². The average Bonchev–Trinajstić information content (AvgIpc) is 2.77. The third kappa shape index (κ3) is 8.12. The highest BCUT2D eigenvalue weighted by Crippen LogP contribution is 2.12. The van der Waals surface area contributed by atoms with E-state index in [1.807, 2.05) is 12.1 Å². The van der Waals surface area contributed by atoms with Crippen molar-refractivity contribution in [1.29, 1.82) is 0 Å². The van der Waals surface area contributed by atoms with Gasteiger partial charge in [0.2, 0.25) is 0 Å². The molecule has 30 heavy (non-hydrogen) atoms. The van der Waals surface area contributed by atoms with Crippen LogP contribution in [0.4, 0.5) is 0 Å². The zero-order chi connectivity index (χ0) is 20.3. The van der Waals surface area contributed by atoms with Gasteiger partial charge in [0.25, 0.3) is 0 Å². The molecule has 0 radical (unpaired) electrons. The molecule has 1 aliphatic heterocycles. The van der Waals surface area contributed by atoms with Gasteiger partial charge in [0, 0.05) is 39.8 Å². The van der Waals surface area contributed by atoms with Crippen LogP contribution in [0.15, 0.2) is 53.5 Å². The second-order valence-electron chi connectivity index (χ2n) is 7.16. The summed E-state index contributed by atoms with van der Waals surface area (Å²) in [5.41, 5.74) is 3.87. The number of hydrogen-bond donors (Lipinski definition) is 2. The summed E-state index contributed by atoms with van der Waals surface area (Å²) in [7, 11) is 3.49. The number of morpholine rings is 1. The van der Waals surface area contributed by atoms with Gasteiger partial charge in [-0.2, -0.15) is 0 Å². The monoisotopic (exact) mass is 524 g/mol. The number of hydrogen-bond acceptors (Lipinski definition) is 4. The lowest BCUT2D eigenvalue weighted by Crippen LogP contribution is -2.38. The van der Waals surface area contributed by atoms with E-state index in [2.05, 4.69) is 56.9 Å². The topological polar surface area (TPSA) is 58.1 Å². The fourth-order valence-electron chi connectivity index (χ4n) is 3.38. The van der Waals surface area contributed by atoms with Crippen molar-refractivity contribution >= 4 is 29.9 Å². The Labute approximate surface area is 197 Å². The molecule has 0 spiro atoms. The summed E-state index contributed by atoms with van der Waals surface area (Å²) in [5, 5.41) is 6.79. The molecule has 0 atom stereocenters. The molecule has 0 aliphatic carbocycles. The lowest BCUT2D eigenvalue weighted by molar-refractivity contribution is 0.0342. The summed E-state index contributed by atoms with van der Waals surface area (Å²) in [6, 6.07) is 16.9. The first-order valence-electron chi connectivity index (χ1n) is 10.2. The van der Waals surface area contributed by atoms with Crippen LogP contribution in [0, 0.1) is 0 Å². The SMILES string of the molecule is CN=C(NCCc1ccc(OC)cc1)NCc1cccc(CN2CCOCC2)c1.I. The molecule has 0 unspecified atom stereocenters. The normalized spacial score (nSPS) is 14.7. The van der Waals surface area contributed by atoms with Gasteiger partial charge in [0.1, 0.15) is 5.75 Å². The third-order valence-corrected chi connectivity index (χ3v) is 5.05. The summed E-state index contributed by atoms with van der Waals surface area (Å²) in [5.74, 6) is 1.70. The molecule has 1 saturated heterocycles. The first-order valence-corrected chi connectivity index (χ1v) is 10.2. The Kier molecular flexibility index (Phi) is 11.0. The zero-order valence-corrected chi connectivity index (χ0v) is 20.2. The largest absolute Gasteiger partial charge is 0.497 e. The van der Waals surface area contributed by atoms with Gasteiger partial charge in [-0.25, -0.2) is 0 Å². The number of rotatable bonds is 8. The number of benzene rings is 2. The van der Waals surface area contributed by atoms with Gasteiger partial charge in [-0.15, -0.1) is 24.0 Å². The van der Waals surface area contributed by atoms with E-state index in [0.717, 1.165) is 64.1 Å². The van der Waals surface area contributed by atoms with Gasteiger partial charge in [-0.3, -0.25) is 9.89 Å². The number of nitrogens with zero attached hydrogens (tertiary/aromatic N) is 2. The first-order chi connectivity index (χ1) is 14.3. The molecule has 2 aromatic rings. The third-order valence-electron chi connectivity index (χ3n) is 5.05. The second-order valence-corrected chi connectivity index (χ2v) is 7.16. The average molecular weight is 524 g/mol. The van der Waals surface area contributed by atoms with Gasteiger partial charge < -0.3 is 20.1 Å². The quantitative estimate of drug-likeness (QED) is 0.316. The summed E-state index contributed by atoms with van der Waals surface area (Å²) in [6.07, 6.45) is 0.930. The second kappa shape index (κ2) is 13.5. The Balaban J connectivity index is 0.00000320. The number of guanidine groups is 1. The van der Waals surface area contributed by atoms with Gasteiger partial charge in [0.05, 0.1) is 20.3 Å². The molecule has 0 aromatic heterocycles. The Morgan fingerprint density at radius 3 is 2.47 bits per heavy atom. The highest BCUT2D eigenvalue weighted by Gasteiger charge is 2.10. The van der Waals surface area contributed by atoms with Crippen molar-refractivity contribution in [1.82, 2.24) is 15.5 Å². The standard InChI is InChI=1S/C23H32N4O2.HI/c1-24-23(25-11-10-19-6-8-22(28-2)9-7-19)26-17-20-4-3-5-21(16-20)18-27-12-14-29-15-13-27;/h3-9,16H,10-15,17-18H2,1-2H3,(H2,24,25,26);1H. The molecule has 3 rings (SSSR count). The first kappa shape index (κ1) is 24.4. The number of nitrogens with one attached hydrogen (secondary N) is 2. The minimum absolute atomic E-state index is 0. The van der Waals surface area contributed by atoms with Crippen LogP contribution in [0.2, 0.25) is 0 Å². The van der Waals surface area contributed by atoms with E-state index in [1.54, 1.807) is 14.2 Å². The van der Waals surface area contributed by atoms with E-state index in [4.69, 9.17) is 9.47 Å². The van der Waals surface area contributed by atoms with Crippen molar-refractivity contribution in [2.24, 2.45) is 4.99 Å². The molecule has 164 valence electrons. The zero-order valence-electron chi connectivity index (χ0n) is 17.9. The summed E-state index contributed by atoms with van der Waals surface area (Å²) >= 11 is 0. The number of halogens is 1. The van der Waals surface area contributed by atoms with E-state index < -0.39 is 0 Å². The van der Waals surface area contributed by atoms with Crippen LogP contribution in [-0.4, -0.2) is 57.9 Å². The van der Waals surface area contributed by atoms with Crippen LogP contribution in [0.25, 0.3) is 0 Å². The van der Waals surface area contributed by atoms with Crippen molar-refractivity contribution in [3.63, 3.8) is 0 Å². The maximum absolute atomic E-state index is 5.43. The Hall–Kier alpha value is -1.84. The molecular formula is C23H33IN4O2. The highest BCUT2D eigenvalue weighted by atomic mass is 127. The van der Waals surface area contributed by atoms with Crippen LogP contribution in [0.3, 0.4) is 0 Å². The maximum Gasteiger partial charge on any atom is 0.191 e. The number of methoxy groups -OCH3 is 1. The predicted octanol–water partition coefficient (Wildman–Crippen LogP) is 3.05. The van der Waals surface area contributed by atoms with Crippen molar-refractivity contribution in [2.75, 3.05) is 47.0 Å². The molecule has 1 aliphatic rings. The van der Waals surface area contributed by atoms with E-state index in [9.17, 15) is 0 Å². The molecule has 2 aromatic carbocycles. The van der Waals surface area contributed by atoms with Gasteiger partial charge in [-0.05, 0) is 35.2 Å². The summed E-state index contributed by atoms with van der Waals surface area (Å²) < 4.78 is 10.6. The lowest BCUT2D eigenvalue weighted by Gasteiger charge is -2.26. The van der Waals surface area contributed by atoms with E-state index >= 15 is 0 Å². The Morgan fingerprint density at radius 2 is 1.77 bits per heavy atom. The molecular weight excluding hydrogens is 491 g/mol. The molecule has 7 heteroatoms. The van der Waals surface area contributed by atoms with E-state index in [1.165, 1.54) is 16.7 Å². The lowest BCUT2D eigenvalue weighted by atomic mass is 10.1. The summed E-state index contributed by atoms with van der Waals surface area (Å²) in [6.45, 7) is 6.23. The Bertz CT molecular complexity index is 777. The van der Waals surface area contributed by atoms with Gasteiger partial charge in [0.15, 0.2) is 5.96 Å². The fourth-order valence-corrected chi connectivity index (χ4v) is 3.38. The Morgan fingerprint density at radius 1 is 1.03 bits per heavy atom. The van der Waals surface area contributed by atoms with Gasteiger partial charge >= 0.3 is 0 Å².